The van der Waals surface area contributed by atoms with Gasteiger partial charge in [0.05, 0.1) is 9.90 Å². The second-order valence-electron chi connectivity index (χ2n) is 4.55. The third-order valence-electron chi connectivity index (χ3n) is 2.88. The smallest absolute Gasteiger partial charge is 0.136 e. The summed E-state index contributed by atoms with van der Waals surface area (Å²) in [6.07, 6.45) is 0.892. The van der Waals surface area contributed by atoms with E-state index >= 15 is 0 Å². The van der Waals surface area contributed by atoms with Crippen LogP contribution >= 0.6 is 35.2 Å². The molecule has 20 heavy (non-hydrogen) atoms. The van der Waals surface area contributed by atoms with Gasteiger partial charge in [-0.2, -0.15) is 0 Å². The zero-order valence-electron chi connectivity index (χ0n) is 11.4. The number of halogens is 1. The van der Waals surface area contributed by atoms with Crippen LogP contribution in [0.1, 0.15) is 21.7 Å². The average Bonchev–Trinajstić information content (AvgIpc) is 2.73. The minimum atomic E-state index is 0.372. The molecular formula is C14H16ClN3S2. The summed E-state index contributed by atoms with van der Waals surface area (Å²) < 4.78 is 0.813. The van der Waals surface area contributed by atoms with Gasteiger partial charge in [0.2, 0.25) is 0 Å². The van der Waals surface area contributed by atoms with Gasteiger partial charge < -0.3 is 11.1 Å². The molecule has 2 heterocycles. The highest BCUT2D eigenvalue weighted by Crippen LogP contribution is 2.22. The van der Waals surface area contributed by atoms with Gasteiger partial charge in [-0.1, -0.05) is 23.8 Å². The molecule has 0 radical (unpaired) electrons. The number of rotatable bonds is 5. The van der Waals surface area contributed by atoms with Crippen molar-refractivity contribution in [3.8, 4) is 0 Å². The summed E-state index contributed by atoms with van der Waals surface area (Å²) in [5.74, 6) is 0.762. The molecule has 6 heteroatoms. The number of hydrogen-bond acceptors (Lipinski definition) is 4. The van der Waals surface area contributed by atoms with Crippen molar-refractivity contribution in [1.82, 2.24) is 4.98 Å². The van der Waals surface area contributed by atoms with Crippen LogP contribution in [0, 0.1) is 13.8 Å². The molecule has 0 unspecified atom stereocenters. The van der Waals surface area contributed by atoms with E-state index in [4.69, 9.17) is 29.6 Å². The number of hydrogen-bond donors (Lipinski definition) is 2. The molecule has 0 aliphatic carbocycles. The van der Waals surface area contributed by atoms with E-state index in [0.717, 1.165) is 39.9 Å². The zero-order valence-corrected chi connectivity index (χ0v) is 13.8. The molecule has 0 bridgehead atoms. The molecule has 2 aromatic heterocycles. The van der Waals surface area contributed by atoms with E-state index in [1.54, 1.807) is 11.3 Å². The molecule has 3 N–H and O–H groups in total. The highest BCUT2D eigenvalue weighted by atomic mass is 35.5. The molecule has 106 valence electrons. The van der Waals surface area contributed by atoms with Gasteiger partial charge in [0.15, 0.2) is 0 Å². The van der Waals surface area contributed by atoms with E-state index in [1.807, 2.05) is 32.0 Å². The Morgan fingerprint density at radius 2 is 2.20 bits per heavy atom. The second-order valence-corrected chi connectivity index (χ2v) is 6.79. The molecule has 0 atom stereocenters. The minimum Gasteiger partial charge on any atom is -0.389 e. The van der Waals surface area contributed by atoms with E-state index in [-0.39, 0.29) is 0 Å². The van der Waals surface area contributed by atoms with Crippen molar-refractivity contribution in [2.24, 2.45) is 5.73 Å². The quantitative estimate of drug-likeness (QED) is 0.823. The maximum Gasteiger partial charge on any atom is 0.136 e. The standard InChI is InChI=1S/C14H16ClN3S2/c1-8-7-9(2)18-14(12(8)13(16)19)17-6-5-10-3-4-11(15)20-10/h3-4,7H,5-6H2,1-2H3,(H2,16,19)(H,17,18). The van der Waals surface area contributed by atoms with Crippen LogP contribution in [-0.2, 0) is 6.42 Å². The van der Waals surface area contributed by atoms with Crippen LogP contribution in [0.2, 0.25) is 4.34 Å². The summed E-state index contributed by atoms with van der Waals surface area (Å²) >= 11 is 12.6. The highest BCUT2D eigenvalue weighted by Gasteiger charge is 2.11. The molecule has 0 aromatic carbocycles. The Bertz CT molecular complexity index is 637. The normalized spacial score (nSPS) is 10.6. The number of aryl methyl sites for hydroxylation is 2. The Labute approximate surface area is 133 Å². The van der Waals surface area contributed by atoms with E-state index in [0.29, 0.717) is 4.99 Å². The van der Waals surface area contributed by atoms with Crippen LogP contribution in [-0.4, -0.2) is 16.5 Å². The Kier molecular flexibility index (Phi) is 4.96. The van der Waals surface area contributed by atoms with Crippen molar-refractivity contribution in [3.05, 3.63) is 44.2 Å². The van der Waals surface area contributed by atoms with E-state index in [1.165, 1.54) is 4.88 Å². The lowest BCUT2D eigenvalue weighted by Crippen LogP contribution is -2.17. The number of nitrogens with one attached hydrogen (secondary N) is 1. The summed E-state index contributed by atoms with van der Waals surface area (Å²) in [5.41, 5.74) is 8.61. The summed E-state index contributed by atoms with van der Waals surface area (Å²) in [4.78, 5) is 6.10. The molecule has 0 saturated carbocycles. The van der Waals surface area contributed by atoms with Gasteiger partial charge in [0.25, 0.3) is 0 Å². The van der Waals surface area contributed by atoms with Crippen molar-refractivity contribution in [1.29, 1.82) is 0 Å². The first kappa shape index (κ1) is 15.2. The SMILES string of the molecule is Cc1cc(C)c(C(N)=S)c(NCCc2ccc(Cl)s2)n1. The van der Waals surface area contributed by atoms with Crippen molar-refractivity contribution in [3.63, 3.8) is 0 Å². The molecular weight excluding hydrogens is 310 g/mol. The summed E-state index contributed by atoms with van der Waals surface area (Å²) in [5, 5.41) is 3.32. The number of nitrogens with zero attached hydrogens (tertiary/aromatic N) is 1. The van der Waals surface area contributed by atoms with Gasteiger partial charge in [-0.15, -0.1) is 11.3 Å². The highest BCUT2D eigenvalue weighted by molar-refractivity contribution is 7.80. The van der Waals surface area contributed by atoms with Gasteiger partial charge in [-0.3, -0.25) is 0 Å². The van der Waals surface area contributed by atoms with Gasteiger partial charge in [-0.05, 0) is 44.0 Å². The first-order valence-corrected chi connectivity index (χ1v) is 7.84. The average molecular weight is 326 g/mol. The van der Waals surface area contributed by atoms with Crippen molar-refractivity contribution < 1.29 is 0 Å². The number of thiophene rings is 1. The summed E-state index contributed by atoms with van der Waals surface area (Å²) in [7, 11) is 0. The molecule has 0 aliphatic rings. The van der Waals surface area contributed by atoms with Crippen LogP contribution in [0.25, 0.3) is 0 Å². The Balaban J connectivity index is 2.10. The molecule has 0 aliphatic heterocycles. The van der Waals surface area contributed by atoms with Crippen LogP contribution < -0.4 is 11.1 Å². The number of pyridine rings is 1. The van der Waals surface area contributed by atoms with Gasteiger partial charge in [-0.25, -0.2) is 4.98 Å². The predicted octanol–water partition coefficient (Wildman–Crippen LogP) is 3.70. The monoisotopic (exact) mass is 325 g/mol. The van der Waals surface area contributed by atoms with Crippen molar-refractivity contribution in [2.75, 3.05) is 11.9 Å². The molecule has 0 amide bonds. The van der Waals surface area contributed by atoms with Crippen LogP contribution in [0.4, 0.5) is 5.82 Å². The molecule has 2 aromatic rings. The lowest BCUT2D eigenvalue weighted by Gasteiger charge is -2.13. The third-order valence-corrected chi connectivity index (χ3v) is 4.38. The number of thiocarbonyl (C=S) groups is 1. The molecule has 3 nitrogen and oxygen atoms in total. The van der Waals surface area contributed by atoms with Crippen LogP contribution in [0.3, 0.4) is 0 Å². The Hall–Kier alpha value is -1.17. The lowest BCUT2D eigenvalue weighted by molar-refractivity contribution is 1.02. The van der Waals surface area contributed by atoms with Gasteiger partial charge >= 0.3 is 0 Å². The third kappa shape index (κ3) is 3.69. The number of aromatic nitrogens is 1. The Morgan fingerprint density at radius 1 is 1.45 bits per heavy atom. The first-order chi connectivity index (χ1) is 9.47. The minimum absolute atomic E-state index is 0.372. The molecule has 2 rings (SSSR count). The molecule has 0 fully saturated rings. The second kappa shape index (κ2) is 6.52. The van der Waals surface area contributed by atoms with Crippen molar-refractivity contribution >= 4 is 46.0 Å². The first-order valence-electron chi connectivity index (χ1n) is 6.23. The topological polar surface area (TPSA) is 50.9 Å². The molecule has 0 saturated heterocycles. The number of nitrogens with two attached hydrogens (primary N) is 1. The van der Waals surface area contributed by atoms with E-state index < -0.39 is 0 Å². The van der Waals surface area contributed by atoms with E-state index in [2.05, 4.69) is 10.3 Å². The lowest BCUT2D eigenvalue weighted by atomic mass is 10.1. The maximum atomic E-state index is 5.92. The van der Waals surface area contributed by atoms with Crippen molar-refractivity contribution in [2.45, 2.75) is 20.3 Å². The fraction of sp³-hybridized carbons (Fsp3) is 0.286. The van der Waals surface area contributed by atoms with Gasteiger partial charge in [0.1, 0.15) is 10.8 Å². The summed E-state index contributed by atoms with van der Waals surface area (Å²) in [6, 6.07) is 5.94. The molecule has 0 spiro atoms. The fourth-order valence-corrected chi connectivity index (χ4v) is 3.41. The van der Waals surface area contributed by atoms with E-state index in [9.17, 15) is 0 Å². The zero-order chi connectivity index (χ0) is 14.7. The summed E-state index contributed by atoms with van der Waals surface area (Å²) in [6.45, 7) is 4.72. The maximum absolute atomic E-state index is 5.92. The Morgan fingerprint density at radius 3 is 2.80 bits per heavy atom. The largest absolute Gasteiger partial charge is 0.389 e. The van der Waals surface area contributed by atoms with Gasteiger partial charge in [0, 0.05) is 17.1 Å². The van der Waals surface area contributed by atoms with Crippen LogP contribution in [0.15, 0.2) is 18.2 Å². The predicted molar refractivity (Wildman–Crippen MR) is 91.1 cm³/mol. The fourth-order valence-electron chi connectivity index (χ4n) is 2.07. The van der Waals surface area contributed by atoms with Crippen LogP contribution in [0.5, 0.6) is 0 Å². The number of anilines is 1.